The Bertz CT molecular complexity index is 470. The van der Waals surface area contributed by atoms with Gasteiger partial charge in [-0.15, -0.1) is 0 Å². The molecule has 19 heavy (non-hydrogen) atoms. The van der Waals surface area contributed by atoms with E-state index in [2.05, 4.69) is 9.97 Å². The molecule has 6 nitrogen and oxygen atoms in total. The first-order chi connectivity index (χ1) is 9.13. The molecule has 0 amide bonds. The van der Waals surface area contributed by atoms with Gasteiger partial charge in [-0.05, 0) is 12.8 Å². The quantitative estimate of drug-likeness (QED) is 0.915. The van der Waals surface area contributed by atoms with Crippen molar-refractivity contribution < 1.29 is 14.6 Å². The van der Waals surface area contributed by atoms with Crippen molar-refractivity contribution in [2.45, 2.75) is 31.7 Å². The van der Waals surface area contributed by atoms with Gasteiger partial charge in [0, 0.05) is 6.54 Å². The summed E-state index contributed by atoms with van der Waals surface area (Å²) in [4.78, 5) is 21.2. The van der Waals surface area contributed by atoms with E-state index >= 15 is 0 Å². The van der Waals surface area contributed by atoms with Crippen molar-refractivity contribution in [2.75, 3.05) is 18.6 Å². The lowest BCUT2D eigenvalue weighted by atomic mass is 10.1. The van der Waals surface area contributed by atoms with Crippen molar-refractivity contribution in [2.24, 2.45) is 0 Å². The van der Waals surface area contributed by atoms with Gasteiger partial charge in [-0.1, -0.05) is 24.4 Å². The lowest BCUT2D eigenvalue weighted by molar-refractivity contribution is -0.138. The fraction of sp³-hybridized carbons (Fsp3) is 0.583. The number of halogens is 1. The Morgan fingerprint density at radius 3 is 3.00 bits per heavy atom. The molecule has 1 atom stereocenters. The average Bonchev–Trinajstić information content (AvgIpc) is 2.65. The smallest absolute Gasteiger partial charge is 0.326 e. The van der Waals surface area contributed by atoms with Gasteiger partial charge in [-0.25, -0.2) is 9.78 Å². The number of aromatic nitrogens is 2. The minimum absolute atomic E-state index is 0.188. The number of hydrogen-bond donors (Lipinski definition) is 1. The molecule has 1 aromatic rings. The topological polar surface area (TPSA) is 75.5 Å². The molecule has 104 valence electrons. The van der Waals surface area contributed by atoms with Gasteiger partial charge in [0.15, 0.2) is 5.82 Å². The van der Waals surface area contributed by atoms with Crippen LogP contribution in [0.3, 0.4) is 0 Å². The molecule has 1 aliphatic rings. The number of methoxy groups -OCH3 is 1. The third-order valence-electron chi connectivity index (χ3n) is 3.20. The Balaban J connectivity index is 2.37. The maximum atomic E-state index is 11.4. The molecule has 0 aromatic carbocycles. The van der Waals surface area contributed by atoms with Gasteiger partial charge in [0.25, 0.3) is 0 Å². The van der Waals surface area contributed by atoms with Crippen LogP contribution in [0.1, 0.15) is 25.7 Å². The Morgan fingerprint density at radius 2 is 2.32 bits per heavy atom. The van der Waals surface area contributed by atoms with Gasteiger partial charge >= 0.3 is 12.0 Å². The molecule has 0 spiro atoms. The van der Waals surface area contributed by atoms with Crippen molar-refractivity contribution in [3.63, 3.8) is 0 Å². The fourth-order valence-electron chi connectivity index (χ4n) is 2.26. The van der Waals surface area contributed by atoms with Crippen molar-refractivity contribution in [1.82, 2.24) is 9.97 Å². The number of aliphatic carboxylic acids is 1. The Hall–Kier alpha value is -1.56. The van der Waals surface area contributed by atoms with Crippen molar-refractivity contribution in [1.29, 1.82) is 0 Å². The van der Waals surface area contributed by atoms with E-state index in [0.717, 1.165) is 19.3 Å². The molecule has 7 heteroatoms. The number of hydrogen-bond acceptors (Lipinski definition) is 5. The van der Waals surface area contributed by atoms with Crippen molar-refractivity contribution >= 4 is 23.4 Å². The third kappa shape index (κ3) is 3.07. The highest BCUT2D eigenvalue weighted by Gasteiger charge is 2.29. The first-order valence-electron chi connectivity index (χ1n) is 6.19. The zero-order valence-electron chi connectivity index (χ0n) is 10.7. The number of nitrogens with zero attached hydrogens (tertiary/aromatic N) is 3. The summed E-state index contributed by atoms with van der Waals surface area (Å²) in [6.07, 6.45) is 4.87. The zero-order chi connectivity index (χ0) is 13.8. The molecule has 0 aliphatic carbocycles. The number of ether oxygens (including phenoxy) is 1. The molecular formula is C12H16ClN3O3. The van der Waals surface area contributed by atoms with E-state index in [0.29, 0.717) is 23.8 Å². The van der Waals surface area contributed by atoms with Crippen LogP contribution >= 0.6 is 11.6 Å². The molecule has 1 saturated heterocycles. The molecule has 1 aliphatic heterocycles. The van der Waals surface area contributed by atoms with Gasteiger partial charge in [0.2, 0.25) is 0 Å². The van der Waals surface area contributed by atoms with E-state index in [-0.39, 0.29) is 6.01 Å². The maximum Gasteiger partial charge on any atom is 0.326 e. The number of carboxylic acids is 1. The molecule has 2 heterocycles. The number of anilines is 1. The second kappa shape index (κ2) is 6.06. The molecule has 1 aromatic heterocycles. The van der Waals surface area contributed by atoms with Crippen LogP contribution in [-0.2, 0) is 4.79 Å². The third-order valence-corrected chi connectivity index (χ3v) is 3.46. The highest BCUT2D eigenvalue weighted by molar-refractivity contribution is 6.32. The number of rotatable bonds is 3. The van der Waals surface area contributed by atoms with Gasteiger partial charge in [0.05, 0.1) is 13.3 Å². The summed E-state index contributed by atoms with van der Waals surface area (Å²) in [6.45, 7) is 0.622. The van der Waals surface area contributed by atoms with Crippen LogP contribution in [0.5, 0.6) is 6.01 Å². The molecular weight excluding hydrogens is 270 g/mol. The number of carboxylic acid groups (broad SMARTS) is 1. The van der Waals surface area contributed by atoms with Crippen molar-refractivity contribution in [3.8, 4) is 6.01 Å². The summed E-state index contributed by atoms with van der Waals surface area (Å²) >= 11 is 6.09. The maximum absolute atomic E-state index is 11.4. The van der Waals surface area contributed by atoms with Crippen LogP contribution in [0.15, 0.2) is 6.20 Å². The van der Waals surface area contributed by atoms with Crippen LogP contribution in [0.2, 0.25) is 5.02 Å². The largest absolute Gasteiger partial charge is 0.480 e. The summed E-state index contributed by atoms with van der Waals surface area (Å²) < 4.78 is 4.97. The van der Waals surface area contributed by atoms with Crippen LogP contribution in [-0.4, -0.2) is 40.7 Å². The predicted octanol–water partition coefficient (Wildman–Crippen LogP) is 1.97. The van der Waals surface area contributed by atoms with Gasteiger partial charge < -0.3 is 14.7 Å². The number of carbonyl (C=O) groups is 1. The fourth-order valence-corrected chi connectivity index (χ4v) is 2.46. The minimum atomic E-state index is -0.851. The molecule has 0 radical (unpaired) electrons. The Labute approximate surface area is 116 Å². The second-order valence-corrected chi connectivity index (χ2v) is 4.83. The lowest BCUT2D eigenvalue weighted by Gasteiger charge is -2.28. The first-order valence-corrected chi connectivity index (χ1v) is 6.57. The van der Waals surface area contributed by atoms with Gasteiger partial charge in [-0.3, -0.25) is 0 Å². The van der Waals surface area contributed by atoms with E-state index in [1.807, 2.05) is 0 Å². The van der Waals surface area contributed by atoms with E-state index in [1.54, 1.807) is 4.90 Å². The highest BCUT2D eigenvalue weighted by Crippen LogP contribution is 2.29. The lowest BCUT2D eigenvalue weighted by Crippen LogP contribution is -2.41. The zero-order valence-corrected chi connectivity index (χ0v) is 11.4. The average molecular weight is 286 g/mol. The second-order valence-electron chi connectivity index (χ2n) is 4.43. The van der Waals surface area contributed by atoms with Gasteiger partial charge in [0.1, 0.15) is 11.1 Å². The van der Waals surface area contributed by atoms with Gasteiger partial charge in [-0.2, -0.15) is 4.98 Å². The van der Waals surface area contributed by atoms with E-state index in [1.165, 1.54) is 13.3 Å². The van der Waals surface area contributed by atoms with Crippen LogP contribution in [0, 0.1) is 0 Å². The monoisotopic (exact) mass is 285 g/mol. The molecule has 0 bridgehead atoms. The van der Waals surface area contributed by atoms with Crippen LogP contribution in [0.4, 0.5) is 5.82 Å². The summed E-state index contributed by atoms with van der Waals surface area (Å²) in [5.41, 5.74) is 0. The Morgan fingerprint density at radius 1 is 1.53 bits per heavy atom. The summed E-state index contributed by atoms with van der Waals surface area (Å²) in [5, 5.41) is 9.69. The predicted molar refractivity (Wildman–Crippen MR) is 70.8 cm³/mol. The molecule has 0 saturated carbocycles. The van der Waals surface area contributed by atoms with E-state index < -0.39 is 12.0 Å². The normalized spacial score (nSPS) is 19.9. The SMILES string of the molecule is COc1ncc(Cl)c(N2CCCCCC2C(=O)O)n1. The molecule has 1 unspecified atom stereocenters. The molecule has 1 fully saturated rings. The Kier molecular flexibility index (Phi) is 4.42. The van der Waals surface area contributed by atoms with E-state index in [4.69, 9.17) is 16.3 Å². The highest BCUT2D eigenvalue weighted by atomic mass is 35.5. The van der Waals surface area contributed by atoms with Crippen molar-refractivity contribution in [3.05, 3.63) is 11.2 Å². The molecule has 1 N–H and O–H groups in total. The van der Waals surface area contributed by atoms with E-state index in [9.17, 15) is 9.90 Å². The summed E-state index contributed by atoms with van der Waals surface area (Å²) in [6, 6.07) is -0.410. The molecule has 2 rings (SSSR count). The standard InChI is InChI=1S/C12H16ClN3O3/c1-19-12-14-7-8(13)10(15-12)16-6-4-2-3-5-9(16)11(17)18/h7,9H,2-6H2,1H3,(H,17,18). The summed E-state index contributed by atoms with van der Waals surface area (Å²) in [5.74, 6) is -0.418. The minimum Gasteiger partial charge on any atom is -0.480 e. The van der Waals surface area contributed by atoms with Crippen LogP contribution < -0.4 is 9.64 Å². The summed E-state index contributed by atoms with van der Waals surface area (Å²) in [7, 11) is 1.46. The first kappa shape index (κ1) is 13.9. The van der Waals surface area contributed by atoms with Crippen LogP contribution in [0.25, 0.3) is 0 Å².